The van der Waals surface area contributed by atoms with Crippen LogP contribution in [0.1, 0.15) is 12.5 Å². The van der Waals surface area contributed by atoms with Gasteiger partial charge in [0.1, 0.15) is 12.6 Å². The van der Waals surface area contributed by atoms with E-state index in [1.54, 1.807) is 6.92 Å². The highest BCUT2D eigenvalue weighted by Crippen LogP contribution is 2.00. The maximum atomic E-state index is 11.0. The molecule has 0 spiro atoms. The molecule has 0 saturated carbocycles. The van der Waals surface area contributed by atoms with Crippen LogP contribution in [-0.2, 0) is 20.9 Å². The highest BCUT2D eigenvalue weighted by Gasteiger charge is 2.07. The van der Waals surface area contributed by atoms with Gasteiger partial charge in [-0.15, -0.1) is 0 Å². The van der Waals surface area contributed by atoms with E-state index < -0.39 is 6.04 Å². The summed E-state index contributed by atoms with van der Waals surface area (Å²) < 4.78 is 4.93. The fourth-order valence-corrected chi connectivity index (χ4v) is 0.860. The molecule has 86 valence electrons. The molecular formula is C11H14N2O3. The van der Waals surface area contributed by atoms with Gasteiger partial charge in [0.2, 0.25) is 6.08 Å². The van der Waals surface area contributed by atoms with Gasteiger partial charge in [-0.3, -0.25) is 4.79 Å². The number of carbonyl (C=O) groups is 1. The Bertz CT molecular complexity index is 344. The fourth-order valence-electron chi connectivity index (χ4n) is 0.860. The van der Waals surface area contributed by atoms with E-state index in [-0.39, 0.29) is 5.97 Å². The van der Waals surface area contributed by atoms with E-state index in [9.17, 15) is 4.79 Å². The average Bonchev–Trinajstić information content (AvgIpc) is 2.28. The van der Waals surface area contributed by atoms with E-state index in [2.05, 4.69) is 0 Å². The molecule has 5 heteroatoms. The van der Waals surface area contributed by atoms with Crippen molar-refractivity contribution in [3.8, 4) is 0 Å². The molecule has 1 atom stereocenters. The minimum absolute atomic E-state index is 0.293. The molecule has 0 aliphatic heterocycles. The second kappa shape index (κ2) is 8.35. The Kier molecular flexibility index (Phi) is 7.32. The maximum Gasteiger partial charge on any atom is 0.322 e. The number of isocyanates is 1. The van der Waals surface area contributed by atoms with Crippen molar-refractivity contribution in [2.75, 3.05) is 0 Å². The number of hydrogen-bond acceptors (Lipinski definition) is 5. The van der Waals surface area contributed by atoms with Gasteiger partial charge >= 0.3 is 5.97 Å². The zero-order valence-corrected chi connectivity index (χ0v) is 8.97. The number of rotatable bonds is 3. The number of nitrogens with one attached hydrogen (secondary N) is 1. The molecule has 1 rings (SSSR count). The third kappa shape index (κ3) is 6.48. The summed E-state index contributed by atoms with van der Waals surface area (Å²) in [4.78, 5) is 19.3. The Morgan fingerprint density at radius 3 is 2.44 bits per heavy atom. The van der Waals surface area contributed by atoms with E-state index in [0.29, 0.717) is 6.61 Å². The summed E-state index contributed by atoms with van der Waals surface area (Å²) in [7, 11) is 0. The minimum Gasteiger partial charge on any atom is -0.460 e. The predicted molar refractivity (Wildman–Crippen MR) is 58.3 cm³/mol. The first kappa shape index (κ1) is 14.0. The Morgan fingerprint density at radius 2 is 2.00 bits per heavy atom. The van der Waals surface area contributed by atoms with E-state index in [0.717, 1.165) is 11.6 Å². The van der Waals surface area contributed by atoms with Gasteiger partial charge in [0.25, 0.3) is 0 Å². The second-order valence-corrected chi connectivity index (χ2v) is 2.98. The van der Waals surface area contributed by atoms with Crippen molar-refractivity contribution in [1.29, 1.82) is 5.41 Å². The number of benzene rings is 1. The summed E-state index contributed by atoms with van der Waals surface area (Å²) in [5.41, 5.74) is 6.29. The quantitative estimate of drug-likeness (QED) is 0.453. The van der Waals surface area contributed by atoms with Gasteiger partial charge in [-0.25, -0.2) is 10.2 Å². The Labute approximate surface area is 93.7 Å². The number of ether oxygens (including phenoxy) is 1. The van der Waals surface area contributed by atoms with Crippen LogP contribution >= 0.6 is 0 Å². The molecule has 0 bridgehead atoms. The molecule has 0 heterocycles. The summed E-state index contributed by atoms with van der Waals surface area (Å²) in [6, 6.07) is 8.95. The van der Waals surface area contributed by atoms with Crippen LogP contribution in [0.15, 0.2) is 30.3 Å². The molecule has 0 aromatic heterocycles. The molecule has 0 aliphatic rings. The highest BCUT2D eigenvalue weighted by molar-refractivity contribution is 5.74. The number of hydrogen-bond donors (Lipinski definition) is 2. The number of esters is 1. The second-order valence-electron chi connectivity index (χ2n) is 2.98. The van der Waals surface area contributed by atoms with Gasteiger partial charge in [-0.1, -0.05) is 30.3 Å². The zero-order valence-electron chi connectivity index (χ0n) is 8.97. The molecule has 16 heavy (non-hydrogen) atoms. The first-order valence-electron chi connectivity index (χ1n) is 4.61. The van der Waals surface area contributed by atoms with Crippen LogP contribution in [0.25, 0.3) is 0 Å². The van der Waals surface area contributed by atoms with Gasteiger partial charge in [-0.2, -0.15) is 0 Å². The molecule has 1 aromatic carbocycles. The average molecular weight is 222 g/mol. The summed E-state index contributed by atoms with van der Waals surface area (Å²) in [6.45, 7) is 1.90. The van der Waals surface area contributed by atoms with Crippen molar-refractivity contribution in [3.05, 3.63) is 35.9 Å². The van der Waals surface area contributed by atoms with Crippen LogP contribution in [0.4, 0.5) is 0 Å². The third-order valence-electron chi connectivity index (χ3n) is 1.60. The SMILES string of the molecule is C[C@H](N)C(=O)OCc1ccccc1.N=C=O. The largest absolute Gasteiger partial charge is 0.460 e. The lowest BCUT2D eigenvalue weighted by Gasteiger charge is -2.06. The van der Waals surface area contributed by atoms with E-state index in [4.69, 9.17) is 20.7 Å². The molecule has 0 fully saturated rings. The molecule has 3 N–H and O–H groups in total. The molecule has 1 aromatic rings. The van der Waals surface area contributed by atoms with Gasteiger partial charge in [-0.05, 0) is 12.5 Å². The van der Waals surface area contributed by atoms with Crippen molar-refractivity contribution in [2.45, 2.75) is 19.6 Å². The lowest BCUT2D eigenvalue weighted by atomic mass is 10.2. The monoisotopic (exact) mass is 222 g/mol. The van der Waals surface area contributed by atoms with Crippen molar-refractivity contribution in [3.63, 3.8) is 0 Å². The van der Waals surface area contributed by atoms with Crippen molar-refractivity contribution >= 4 is 12.0 Å². The smallest absolute Gasteiger partial charge is 0.322 e. The van der Waals surface area contributed by atoms with Gasteiger partial charge < -0.3 is 10.5 Å². The van der Waals surface area contributed by atoms with Crippen molar-refractivity contribution < 1.29 is 14.3 Å². The Hall–Kier alpha value is -1.97. The van der Waals surface area contributed by atoms with Crippen LogP contribution in [0, 0.1) is 5.41 Å². The predicted octanol–water partition coefficient (Wildman–Crippen LogP) is 0.978. The van der Waals surface area contributed by atoms with Crippen LogP contribution in [0.2, 0.25) is 0 Å². The van der Waals surface area contributed by atoms with E-state index >= 15 is 0 Å². The molecule has 0 radical (unpaired) electrons. The fraction of sp³-hybridized carbons (Fsp3) is 0.273. The molecule has 0 unspecified atom stereocenters. The van der Waals surface area contributed by atoms with Gasteiger partial charge in [0.05, 0.1) is 0 Å². The lowest BCUT2D eigenvalue weighted by molar-refractivity contribution is -0.146. The summed E-state index contributed by atoms with van der Waals surface area (Å²) in [5.74, 6) is -0.371. The lowest BCUT2D eigenvalue weighted by Crippen LogP contribution is -2.28. The zero-order chi connectivity index (χ0) is 12.4. The first-order valence-corrected chi connectivity index (χ1v) is 4.61. The standard InChI is InChI=1S/C10H13NO2.CHNO/c1-8(11)10(12)13-7-9-5-3-2-4-6-9;2-1-3/h2-6,8H,7,11H2,1H3;2H/t8-;/m0./s1. The summed E-state index contributed by atoms with van der Waals surface area (Å²) >= 11 is 0. The Balaban J connectivity index is 0.000000673. The summed E-state index contributed by atoms with van der Waals surface area (Å²) in [6.07, 6.45) is 0.750. The van der Waals surface area contributed by atoms with Crippen LogP contribution in [-0.4, -0.2) is 18.1 Å². The topological polar surface area (TPSA) is 93.2 Å². The van der Waals surface area contributed by atoms with Crippen LogP contribution < -0.4 is 5.73 Å². The van der Waals surface area contributed by atoms with E-state index in [1.165, 1.54) is 0 Å². The van der Waals surface area contributed by atoms with Crippen molar-refractivity contribution in [1.82, 2.24) is 0 Å². The third-order valence-corrected chi connectivity index (χ3v) is 1.60. The van der Waals surface area contributed by atoms with Crippen LogP contribution in [0.5, 0.6) is 0 Å². The molecular weight excluding hydrogens is 208 g/mol. The minimum atomic E-state index is -0.552. The van der Waals surface area contributed by atoms with Gasteiger partial charge in [0, 0.05) is 0 Å². The van der Waals surface area contributed by atoms with E-state index in [1.807, 2.05) is 30.3 Å². The molecule has 0 amide bonds. The van der Waals surface area contributed by atoms with Crippen LogP contribution in [0.3, 0.4) is 0 Å². The molecule has 0 aliphatic carbocycles. The molecule has 0 saturated heterocycles. The number of nitrogens with two attached hydrogens (primary N) is 1. The first-order chi connectivity index (χ1) is 7.61. The van der Waals surface area contributed by atoms with Crippen molar-refractivity contribution in [2.24, 2.45) is 5.73 Å². The highest BCUT2D eigenvalue weighted by atomic mass is 16.5. The summed E-state index contributed by atoms with van der Waals surface area (Å²) in [5, 5.41) is 5.40. The Morgan fingerprint density at radius 1 is 1.50 bits per heavy atom. The van der Waals surface area contributed by atoms with Gasteiger partial charge in [0.15, 0.2) is 0 Å². The number of carbonyl (C=O) groups excluding carboxylic acids is 2. The molecule has 5 nitrogen and oxygen atoms in total. The maximum absolute atomic E-state index is 11.0. The normalized spacial score (nSPS) is 10.4.